The first-order valence-electron chi connectivity index (χ1n) is 9.84. The fraction of sp³-hybridized carbons (Fsp3) is 0.0455. The van der Waals surface area contributed by atoms with Crippen molar-refractivity contribution in [1.82, 2.24) is 9.78 Å². The zero-order valence-corrected chi connectivity index (χ0v) is 19.8. The molecule has 0 aliphatic heterocycles. The highest BCUT2D eigenvalue weighted by atomic mass is 32.2. The summed E-state index contributed by atoms with van der Waals surface area (Å²) in [5.41, 5.74) is 13.4. The highest BCUT2D eigenvalue weighted by Crippen LogP contribution is 2.21. The van der Waals surface area contributed by atoms with Gasteiger partial charge in [-0.05, 0) is 67.6 Å². The monoisotopic (exact) mass is 500 g/mol. The van der Waals surface area contributed by atoms with Crippen LogP contribution in [-0.4, -0.2) is 26.6 Å². The Morgan fingerprint density at radius 3 is 1.76 bits per heavy atom. The Labute approximate surface area is 198 Å². The van der Waals surface area contributed by atoms with Gasteiger partial charge in [0.25, 0.3) is 10.0 Å². The summed E-state index contributed by atoms with van der Waals surface area (Å²) in [6, 6.07) is 22.7. The number of primary sulfonamides is 1. The van der Waals surface area contributed by atoms with Gasteiger partial charge in [0.1, 0.15) is 5.82 Å². The van der Waals surface area contributed by atoms with Crippen LogP contribution in [0.4, 0.5) is 17.2 Å². The number of nitrogen functional groups attached to an aromatic ring is 2. The molecule has 7 N–H and O–H groups in total. The van der Waals surface area contributed by atoms with E-state index in [1.807, 2.05) is 30.3 Å². The molecule has 1 heterocycles. The number of hydrogen-bond acceptors (Lipinski definition) is 7. The molecule has 34 heavy (non-hydrogen) atoms. The number of nitrogens with two attached hydrogens (primary N) is 3. The molecule has 3 aromatic carbocycles. The number of para-hydroxylation sites is 1. The first-order chi connectivity index (χ1) is 16.0. The van der Waals surface area contributed by atoms with Gasteiger partial charge in [-0.1, -0.05) is 18.2 Å². The molecule has 0 saturated carbocycles. The van der Waals surface area contributed by atoms with Gasteiger partial charge in [-0.3, -0.25) is 4.72 Å². The molecule has 1 aromatic heterocycles. The average molecular weight is 501 g/mol. The van der Waals surface area contributed by atoms with Crippen LogP contribution in [0, 0.1) is 6.92 Å². The summed E-state index contributed by atoms with van der Waals surface area (Å²) in [5.74, 6) is 0.380. The van der Waals surface area contributed by atoms with E-state index in [2.05, 4.69) is 9.82 Å². The van der Waals surface area contributed by atoms with Gasteiger partial charge in [-0.25, -0.2) is 26.7 Å². The highest BCUT2D eigenvalue weighted by molar-refractivity contribution is 7.92. The maximum absolute atomic E-state index is 12.5. The van der Waals surface area contributed by atoms with Crippen molar-refractivity contribution in [2.75, 3.05) is 16.2 Å². The van der Waals surface area contributed by atoms with Gasteiger partial charge in [-0.2, -0.15) is 5.10 Å². The van der Waals surface area contributed by atoms with Gasteiger partial charge in [0, 0.05) is 17.4 Å². The van der Waals surface area contributed by atoms with E-state index < -0.39 is 20.0 Å². The Balaban J connectivity index is 0.000000248. The van der Waals surface area contributed by atoms with Gasteiger partial charge in [0.2, 0.25) is 10.0 Å². The lowest BCUT2D eigenvalue weighted by Crippen LogP contribution is -2.15. The Morgan fingerprint density at radius 2 is 1.26 bits per heavy atom. The molecule has 4 rings (SSSR count). The largest absolute Gasteiger partial charge is 0.399 e. The number of benzene rings is 3. The summed E-state index contributed by atoms with van der Waals surface area (Å²) < 4.78 is 50.5. The van der Waals surface area contributed by atoms with Crippen LogP contribution in [0.3, 0.4) is 0 Å². The normalized spacial score (nSPS) is 11.4. The average Bonchev–Trinajstić information content (AvgIpc) is 3.14. The van der Waals surface area contributed by atoms with Gasteiger partial charge < -0.3 is 11.5 Å². The molecule has 10 nitrogen and oxygen atoms in total. The molecule has 0 atom stereocenters. The molecule has 0 aliphatic rings. The molecule has 0 spiro atoms. The van der Waals surface area contributed by atoms with Crippen LogP contribution in [0.15, 0.2) is 94.7 Å². The second-order valence-electron chi connectivity index (χ2n) is 7.21. The van der Waals surface area contributed by atoms with Crippen molar-refractivity contribution in [3.05, 3.63) is 90.6 Å². The summed E-state index contributed by atoms with van der Waals surface area (Å²) in [6.07, 6.45) is 0. The Bertz CT molecular complexity index is 1470. The van der Waals surface area contributed by atoms with E-state index in [1.54, 1.807) is 29.8 Å². The maximum Gasteiger partial charge on any atom is 0.263 e. The number of anilines is 3. The molecular weight excluding hydrogens is 476 g/mol. The van der Waals surface area contributed by atoms with Gasteiger partial charge in [0.05, 0.1) is 21.2 Å². The SMILES string of the molecule is Cc1cc(NS(=O)(=O)c2ccc(N)cc2)n(-c2ccccc2)n1.Nc1ccc(S(N)(=O)=O)cc1. The number of hydrogen-bond donors (Lipinski definition) is 4. The Kier molecular flexibility index (Phi) is 7.25. The predicted octanol–water partition coefficient (Wildman–Crippen LogP) is 2.48. The molecule has 178 valence electrons. The summed E-state index contributed by atoms with van der Waals surface area (Å²) in [4.78, 5) is 0.219. The van der Waals surface area contributed by atoms with Crippen molar-refractivity contribution < 1.29 is 16.8 Å². The zero-order chi connectivity index (χ0) is 24.9. The second-order valence-corrected chi connectivity index (χ2v) is 10.5. The molecule has 0 aliphatic carbocycles. The fourth-order valence-electron chi connectivity index (χ4n) is 2.84. The third kappa shape index (κ3) is 6.34. The van der Waals surface area contributed by atoms with E-state index in [4.69, 9.17) is 16.6 Å². The quantitative estimate of drug-likeness (QED) is 0.304. The number of nitrogens with one attached hydrogen (secondary N) is 1. The van der Waals surface area contributed by atoms with E-state index in [9.17, 15) is 16.8 Å². The maximum atomic E-state index is 12.5. The van der Waals surface area contributed by atoms with Crippen LogP contribution in [0.2, 0.25) is 0 Å². The van der Waals surface area contributed by atoms with Crippen molar-refractivity contribution >= 4 is 37.2 Å². The fourth-order valence-corrected chi connectivity index (χ4v) is 4.39. The van der Waals surface area contributed by atoms with Crippen molar-refractivity contribution in [1.29, 1.82) is 0 Å². The van der Waals surface area contributed by atoms with Crippen LogP contribution < -0.4 is 21.3 Å². The number of aromatic nitrogens is 2. The number of rotatable bonds is 5. The molecule has 0 unspecified atom stereocenters. The molecule has 0 saturated heterocycles. The first-order valence-corrected chi connectivity index (χ1v) is 12.9. The summed E-state index contributed by atoms with van der Waals surface area (Å²) >= 11 is 0. The van der Waals surface area contributed by atoms with Crippen LogP contribution in [0.1, 0.15) is 5.69 Å². The molecule has 0 bridgehead atoms. The predicted molar refractivity (Wildman–Crippen MR) is 132 cm³/mol. The number of nitrogens with zero attached hydrogens (tertiary/aromatic N) is 2. The van der Waals surface area contributed by atoms with Gasteiger partial charge >= 0.3 is 0 Å². The molecule has 12 heteroatoms. The topological polar surface area (TPSA) is 176 Å². The van der Waals surface area contributed by atoms with Gasteiger partial charge in [0.15, 0.2) is 0 Å². The molecular formula is C22H24N6O4S2. The van der Waals surface area contributed by atoms with E-state index in [1.165, 1.54) is 36.4 Å². The Hall–Kier alpha value is -3.87. The molecule has 0 radical (unpaired) electrons. The molecule has 0 amide bonds. The Morgan fingerprint density at radius 1 is 0.765 bits per heavy atom. The third-order valence-corrected chi connectivity index (χ3v) is 6.77. The van der Waals surface area contributed by atoms with Crippen LogP contribution >= 0.6 is 0 Å². The van der Waals surface area contributed by atoms with Crippen molar-refractivity contribution in [3.8, 4) is 5.69 Å². The number of aryl methyl sites for hydroxylation is 1. The lowest BCUT2D eigenvalue weighted by atomic mass is 10.3. The van der Waals surface area contributed by atoms with Crippen LogP contribution in [0.5, 0.6) is 0 Å². The third-order valence-electron chi connectivity index (χ3n) is 4.47. The smallest absolute Gasteiger partial charge is 0.263 e. The van der Waals surface area contributed by atoms with E-state index in [-0.39, 0.29) is 9.79 Å². The van der Waals surface area contributed by atoms with Crippen molar-refractivity contribution in [2.45, 2.75) is 16.7 Å². The van der Waals surface area contributed by atoms with E-state index >= 15 is 0 Å². The first kappa shape index (κ1) is 24.8. The van der Waals surface area contributed by atoms with Crippen molar-refractivity contribution in [2.24, 2.45) is 5.14 Å². The number of sulfonamides is 2. The lowest BCUT2D eigenvalue weighted by molar-refractivity contribution is 0.597. The second kappa shape index (κ2) is 9.95. The zero-order valence-electron chi connectivity index (χ0n) is 18.2. The standard InChI is InChI=1S/C16H16N4O2S.C6H8N2O2S/c1-12-11-16(20(18-12)14-5-3-2-4-6-14)19-23(21,22)15-9-7-13(17)8-10-15;7-5-1-3-6(4-2-5)11(8,9)10/h2-11,19H,17H2,1H3;1-4H,7H2,(H2,8,9,10). The minimum Gasteiger partial charge on any atom is -0.399 e. The highest BCUT2D eigenvalue weighted by Gasteiger charge is 2.18. The summed E-state index contributed by atoms with van der Waals surface area (Å²) in [6.45, 7) is 1.81. The summed E-state index contributed by atoms with van der Waals surface area (Å²) in [5, 5.41) is 9.18. The molecule has 4 aromatic rings. The minimum absolute atomic E-state index is 0.0756. The lowest BCUT2D eigenvalue weighted by Gasteiger charge is -2.10. The molecule has 0 fully saturated rings. The van der Waals surface area contributed by atoms with Crippen LogP contribution in [0.25, 0.3) is 5.69 Å². The van der Waals surface area contributed by atoms with E-state index in [0.29, 0.717) is 22.9 Å². The van der Waals surface area contributed by atoms with Crippen LogP contribution in [-0.2, 0) is 20.0 Å². The summed E-state index contributed by atoms with van der Waals surface area (Å²) in [7, 11) is -7.29. The minimum atomic E-state index is -3.71. The van der Waals surface area contributed by atoms with Crippen molar-refractivity contribution in [3.63, 3.8) is 0 Å². The van der Waals surface area contributed by atoms with Gasteiger partial charge in [-0.15, -0.1) is 0 Å². The van der Waals surface area contributed by atoms with E-state index in [0.717, 1.165) is 5.69 Å².